The molecule has 3 heterocycles. The SMILES string of the molecule is CC(C)(C)c1cc(NC(=O)Nc2ccc(Oc3ccnc(-c4ccn[nH]4)c3)cc2F)n(-c2cccc(CO)c2)n1. The van der Waals surface area contributed by atoms with Crippen molar-refractivity contribution in [2.75, 3.05) is 10.6 Å². The lowest BCUT2D eigenvalue weighted by molar-refractivity contribution is 0.262. The third kappa shape index (κ3) is 6.00. The zero-order valence-corrected chi connectivity index (χ0v) is 22.1. The Bertz CT molecular complexity index is 1640. The summed E-state index contributed by atoms with van der Waals surface area (Å²) < 4.78 is 22.3. The van der Waals surface area contributed by atoms with Crippen LogP contribution in [0, 0.1) is 5.82 Å². The zero-order chi connectivity index (χ0) is 28.3. The van der Waals surface area contributed by atoms with Crippen molar-refractivity contribution in [3.8, 4) is 28.6 Å². The molecule has 10 nitrogen and oxygen atoms in total. The number of benzene rings is 2. The number of anilines is 2. The third-order valence-corrected chi connectivity index (χ3v) is 5.99. The van der Waals surface area contributed by atoms with Crippen LogP contribution in [0.15, 0.2) is 79.1 Å². The van der Waals surface area contributed by atoms with Crippen LogP contribution in [0.5, 0.6) is 11.5 Å². The van der Waals surface area contributed by atoms with E-state index in [0.717, 1.165) is 11.4 Å². The first kappa shape index (κ1) is 26.6. The molecular formula is C29H28FN7O3. The number of pyridine rings is 1. The fraction of sp³-hybridized carbons (Fsp3) is 0.172. The molecule has 5 aromatic rings. The molecule has 0 radical (unpaired) electrons. The highest BCUT2D eigenvalue weighted by molar-refractivity contribution is 5.99. The number of ether oxygens (including phenoxy) is 1. The molecule has 2 amide bonds. The number of rotatable bonds is 7. The minimum Gasteiger partial charge on any atom is -0.457 e. The smallest absolute Gasteiger partial charge is 0.324 e. The van der Waals surface area contributed by atoms with E-state index in [1.165, 1.54) is 12.1 Å². The molecule has 0 saturated heterocycles. The molecule has 0 fully saturated rings. The molecule has 11 heteroatoms. The maximum absolute atomic E-state index is 15.0. The number of hydrogen-bond acceptors (Lipinski definition) is 6. The number of amides is 2. The number of urea groups is 1. The highest BCUT2D eigenvalue weighted by Gasteiger charge is 2.22. The number of hydrogen-bond donors (Lipinski definition) is 4. The Morgan fingerprint density at radius 3 is 2.58 bits per heavy atom. The summed E-state index contributed by atoms with van der Waals surface area (Å²) in [4.78, 5) is 17.2. The summed E-state index contributed by atoms with van der Waals surface area (Å²) in [6.45, 7) is 5.90. The van der Waals surface area contributed by atoms with Crippen molar-refractivity contribution < 1.29 is 19.0 Å². The second-order valence-electron chi connectivity index (χ2n) is 10.1. The number of nitrogens with zero attached hydrogens (tertiary/aromatic N) is 4. The van der Waals surface area contributed by atoms with E-state index in [1.54, 1.807) is 65.6 Å². The first-order valence-corrected chi connectivity index (χ1v) is 12.5. The summed E-state index contributed by atoms with van der Waals surface area (Å²) in [5.74, 6) is 0.436. The average Bonchev–Trinajstić information content (AvgIpc) is 3.61. The Labute approximate surface area is 229 Å². The molecular weight excluding hydrogens is 513 g/mol. The number of carbonyl (C=O) groups excluding carboxylic acids is 1. The second-order valence-corrected chi connectivity index (χ2v) is 10.1. The van der Waals surface area contributed by atoms with Gasteiger partial charge in [-0.25, -0.2) is 13.9 Å². The van der Waals surface area contributed by atoms with E-state index in [-0.39, 0.29) is 23.5 Å². The molecule has 40 heavy (non-hydrogen) atoms. The molecule has 0 aliphatic rings. The predicted octanol–water partition coefficient (Wildman–Crippen LogP) is 6.02. The number of aliphatic hydroxyl groups is 1. The first-order valence-electron chi connectivity index (χ1n) is 12.5. The molecule has 0 unspecified atom stereocenters. The van der Waals surface area contributed by atoms with E-state index in [4.69, 9.17) is 4.74 Å². The summed E-state index contributed by atoms with van der Waals surface area (Å²) in [7, 11) is 0. The van der Waals surface area contributed by atoms with Gasteiger partial charge >= 0.3 is 6.03 Å². The van der Waals surface area contributed by atoms with Crippen molar-refractivity contribution in [2.45, 2.75) is 32.8 Å². The van der Waals surface area contributed by atoms with Crippen LogP contribution in [0.4, 0.5) is 20.7 Å². The summed E-state index contributed by atoms with van der Waals surface area (Å²) in [6, 6.07) is 17.6. The van der Waals surface area contributed by atoms with E-state index >= 15 is 0 Å². The Hall–Kier alpha value is -5.03. The molecule has 4 N–H and O–H groups in total. The highest BCUT2D eigenvalue weighted by atomic mass is 19.1. The maximum Gasteiger partial charge on any atom is 0.324 e. The zero-order valence-electron chi connectivity index (χ0n) is 22.1. The summed E-state index contributed by atoms with van der Waals surface area (Å²) in [5, 5.41) is 26.3. The summed E-state index contributed by atoms with van der Waals surface area (Å²) >= 11 is 0. The molecule has 0 aliphatic carbocycles. The minimum atomic E-state index is -0.671. The van der Waals surface area contributed by atoms with Crippen molar-refractivity contribution in [2.24, 2.45) is 0 Å². The molecule has 0 bridgehead atoms. The largest absolute Gasteiger partial charge is 0.457 e. The van der Waals surface area contributed by atoms with Gasteiger partial charge in [-0.1, -0.05) is 32.9 Å². The monoisotopic (exact) mass is 541 g/mol. The standard InChI is InChI=1S/C29H28FN7O3/c1-29(2,3)26-16-27(37(36-26)19-6-4-5-18(13-19)17-38)34-28(39)33-23-8-7-20(14-22(23)30)40-21-9-11-31-25(15-21)24-10-12-32-35-24/h4-16,38H,17H2,1-3H3,(H,32,35)(H2,33,34,39). The van der Waals surface area contributed by atoms with Crippen molar-refractivity contribution in [1.82, 2.24) is 25.0 Å². The van der Waals surface area contributed by atoms with Crippen LogP contribution < -0.4 is 15.4 Å². The molecule has 0 atom stereocenters. The topological polar surface area (TPSA) is 130 Å². The first-order chi connectivity index (χ1) is 19.2. The van der Waals surface area contributed by atoms with Gasteiger partial charge < -0.3 is 15.2 Å². The Kier molecular flexibility index (Phi) is 7.30. The molecule has 2 aromatic carbocycles. The van der Waals surface area contributed by atoms with Crippen molar-refractivity contribution in [1.29, 1.82) is 0 Å². The van der Waals surface area contributed by atoms with Crippen LogP contribution in [0.1, 0.15) is 32.0 Å². The van der Waals surface area contributed by atoms with Gasteiger partial charge in [0.05, 0.1) is 35.1 Å². The number of H-pyrrole nitrogens is 1. The molecule has 5 rings (SSSR count). The lowest BCUT2D eigenvalue weighted by Crippen LogP contribution is -2.22. The van der Waals surface area contributed by atoms with E-state index in [1.807, 2.05) is 26.8 Å². The number of aliphatic hydroxyl groups excluding tert-OH is 1. The Balaban J connectivity index is 1.32. The Morgan fingerprint density at radius 2 is 1.85 bits per heavy atom. The fourth-order valence-corrected chi connectivity index (χ4v) is 3.91. The van der Waals surface area contributed by atoms with Crippen LogP contribution in [-0.2, 0) is 12.0 Å². The van der Waals surface area contributed by atoms with Crippen molar-refractivity contribution >= 4 is 17.5 Å². The van der Waals surface area contributed by atoms with Gasteiger partial charge in [-0.15, -0.1) is 0 Å². The van der Waals surface area contributed by atoms with Gasteiger partial charge in [-0.2, -0.15) is 10.2 Å². The fourth-order valence-electron chi connectivity index (χ4n) is 3.91. The van der Waals surface area contributed by atoms with Gasteiger partial charge in [0.15, 0.2) is 0 Å². The lowest BCUT2D eigenvalue weighted by Gasteiger charge is -2.14. The van der Waals surface area contributed by atoms with Gasteiger partial charge in [-0.3, -0.25) is 15.4 Å². The van der Waals surface area contributed by atoms with Gasteiger partial charge in [-0.05, 0) is 42.0 Å². The second kappa shape index (κ2) is 11.0. The highest BCUT2D eigenvalue weighted by Crippen LogP contribution is 2.29. The van der Waals surface area contributed by atoms with Crippen molar-refractivity contribution in [3.05, 3.63) is 96.2 Å². The maximum atomic E-state index is 15.0. The van der Waals surface area contributed by atoms with Crippen molar-refractivity contribution in [3.63, 3.8) is 0 Å². The number of aromatic amines is 1. The average molecular weight is 542 g/mol. The quantitative estimate of drug-likeness (QED) is 0.199. The normalized spacial score (nSPS) is 11.3. The van der Waals surface area contributed by atoms with Gasteiger partial charge in [0, 0.05) is 36.0 Å². The van der Waals surface area contributed by atoms with E-state index in [9.17, 15) is 14.3 Å². The van der Waals surface area contributed by atoms with Crippen LogP contribution in [0.3, 0.4) is 0 Å². The van der Waals surface area contributed by atoms with Gasteiger partial charge in [0.25, 0.3) is 0 Å². The van der Waals surface area contributed by atoms with Crippen LogP contribution in [0.2, 0.25) is 0 Å². The van der Waals surface area contributed by atoms with Crippen LogP contribution in [-0.4, -0.2) is 36.1 Å². The third-order valence-electron chi connectivity index (χ3n) is 5.99. The number of aromatic nitrogens is 5. The van der Waals surface area contributed by atoms with E-state index in [2.05, 4.69) is 30.9 Å². The molecule has 0 spiro atoms. The van der Waals surface area contributed by atoms with E-state index in [0.29, 0.717) is 28.5 Å². The van der Waals surface area contributed by atoms with E-state index < -0.39 is 11.8 Å². The van der Waals surface area contributed by atoms with Crippen LogP contribution in [0.25, 0.3) is 17.1 Å². The molecule has 0 aliphatic heterocycles. The molecule has 204 valence electrons. The van der Waals surface area contributed by atoms with Gasteiger partial charge in [0.2, 0.25) is 0 Å². The lowest BCUT2D eigenvalue weighted by atomic mass is 9.92. The number of nitrogens with one attached hydrogen (secondary N) is 3. The Morgan fingerprint density at radius 1 is 1.02 bits per heavy atom. The molecule has 0 saturated carbocycles. The summed E-state index contributed by atoms with van der Waals surface area (Å²) in [6.07, 6.45) is 3.20. The predicted molar refractivity (Wildman–Crippen MR) is 149 cm³/mol. The number of carbonyl (C=O) groups is 1. The van der Waals surface area contributed by atoms with Gasteiger partial charge in [0.1, 0.15) is 23.1 Å². The van der Waals surface area contributed by atoms with Crippen LogP contribution >= 0.6 is 0 Å². The minimum absolute atomic E-state index is 0.0258. The molecule has 3 aromatic heterocycles. The summed E-state index contributed by atoms with van der Waals surface area (Å²) in [5.41, 5.74) is 3.15. The number of halogens is 1.